The molecule has 1 heterocycles. The van der Waals surface area contributed by atoms with Crippen molar-refractivity contribution in [2.45, 2.75) is 44.2 Å². The van der Waals surface area contributed by atoms with Gasteiger partial charge in [0.15, 0.2) is 11.4 Å². The second kappa shape index (κ2) is 8.30. The van der Waals surface area contributed by atoms with Gasteiger partial charge in [-0.15, -0.1) is 0 Å². The first kappa shape index (κ1) is 21.1. The molecule has 0 saturated carbocycles. The molecule has 0 radical (unpaired) electrons. The number of aliphatic hydroxyl groups is 1. The summed E-state index contributed by atoms with van der Waals surface area (Å²) in [6.07, 6.45) is 4.04. The molecule has 162 valence electrons. The van der Waals surface area contributed by atoms with Crippen molar-refractivity contribution in [2.75, 3.05) is 4.90 Å². The van der Waals surface area contributed by atoms with E-state index >= 15 is 0 Å². The molecule has 0 unspecified atom stereocenters. The van der Waals surface area contributed by atoms with Crippen LogP contribution in [0.25, 0.3) is 0 Å². The van der Waals surface area contributed by atoms with Crippen molar-refractivity contribution in [3.05, 3.63) is 99.0 Å². The van der Waals surface area contributed by atoms with Crippen LogP contribution < -0.4 is 4.90 Å². The normalized spacial score (nSPS) is 19.6. The van der Waals surface area contributed by atoms with Gasteiger partial charge in [0.2, 0.25) is 0 Å². The number of hydrogen-bond donors (Lipinski definition) is 1. The highest BCUT2D eigenvalue weighted by Gasteiger charge is 2.51. The van der Waals surface area contributed by atoms with E-state index in [0.29, 0.717) is 23.4 Å². The maximum Gasteiger partial charge on any atom is 0.264 e. The largest absolute Gasteiger partial charge is 0.375 e. The highest BCUT2D eigenvalue weighted by molar-refractivity contribution is 9.10. The van der Waals surface area contributed by atoms with E-state index in [4.69, 9.17) is 0 Å². The average Bonchev–Trinajstić information content (AvgIpc) is 3.00. The second-order valence-corrected chi connectivity index (χ2v) is 9.60. The molecule has 0 fully saturated rings. The number of rotatable bonds is 5. The molecule has 3 aromatic rings. The van der Waals surface area contributed by atoms with E-state index in [-0.39, 0.29) is 12.2 Å². The minimum Gasteiger partial charge on any atom is -0.375 e. The summed E-state index contributed by atoms with van der Waals surface area (Å²) in [5.41, 5.74) is 3.25. The highest BCUT2D eigenvalue weighted by atomic mass is 79.9. The summed E-state index contributed by atoms with van der Waals surface area (Å²) in [4.78, 5) is 28.3. The van der Waals surface area contributed by atoms with E-state index in [1.807, 2.05) is 60.7 Å². The molecule has 0 spiro atoms. The predicted octanol–water partition coefficient (Wildman–Crippen LogP) is 5.34. The molecule has 0 saturated heterocycles. The number of nitrogens with zero attached hydrogens (tertiary/aromatic N) is 1. The van der Waals surface area contributed by atoms with Crippen molar-refractivity contribution < 1.29 is 14.7 Å². The molecule has 0 aromatic heterocycles. The quantitative estimate of drug-likeness (QED) is 0.492. The molecular formula is C27H24BrNO3. The molecule has 0 bridgehead atoms. The highest BCUT2D eigenvalue weighted by Crippen LogP contribution is 2.45. The molecule has 3 aromatic carbocycles. The lowest BCUT2D eigenvalue weighted by molar-refractivity contribution is -0.136. The van der Waals surface area contributed by atoms with Gasteiger partial charge in [0, 0.05) is 15.6 Å². The summed E-state index contributed by atoms with van der Waals surface area (Å²) in [6, 6.07) is 20.9. The van der Waals surface area contributed by atoms with Gasteiger partial charge in [-0.3, -0.25) is 9.59 Å². The number of carbonyl (C=O) groups is 2. The molecule has 4 nitrogen and oxygen atoms in total. The van der Waals surface area contributed by atoms with Crippen LogP contribution in [0.4, 0.5) is 5.69 Å². The standard InChI is InChI=1S/C27H24BrNO3/c28-22-12-13-24-23(15-22)27(32,26(31)29(24)17-18-6-2-1-3-7-18)16-25(30)21-11-10-19-8-4-5-9-20(19)14-21/h1-3,6-7,10-15,32H,4-5,8-9,16-17H2/t27-/m0/s1. The number of ketones is 1. The summed E-state index contributed by atoms with van der Waals surface area (Å²) in [5, 5.41) is 11.6. The van der Waals surface area contributed by atoms with Gasteiger partial charge < -0.3 is 10.0 Å². The molecule has 1 aliphatic carbocycles. The number of fused-ring (bicyclic) bond motifs is 2. The molecular weight excluding hydrogens is 466 g/mol. The van der Waals surface area contributed by atoms with Crippen LogP contribution in [0.2, 0.25) is 0 Å². The fourth-order valence-corrected chi connectivity index (χ4v) is 5.22. The Morgan fingerprint density at radius 2 is 1.72 bits per heavy atom. The van der Waals surface area contributed by atoms with Gasteiger partial charge in [-0.2, -0.15) is 0 Å². The van der Waals surface area contributed by atoms with E-state index in [1.165, 1.54) is 17.5 Å². The van der Waals surface area contributed by atoms with Crippen LogP contribution in [0.3, 0.4) is 0 Å². The Labute approximate surface area is 196 Å². The fraction of sp³-hybridized carbons (Fsp3) is 0.259. The first-order valence-corrected chi connectivity index (χ1v) is 11.8. The fourth-order valence-electron chi connectivity index (χ4n) is 4.86. The smallest absolute Gasteiger partial charge is 0.264 e. The number of benzene rings is 3. The molecule has 1 atom stereocenters. The summed E-state index contributed by atoms with van der Waals surface area (Å²) < 4.78 is 0.755. The molecule has 2 aliphatic rings. The van der Waals surface area contributed by atoms with E-state index in [1.54, 1.807) is 11.0 Å². The number of amides is 1. The monoisotopic (exact) mass is 489 g/mol. The number of carbonyl (C=O) groups excluding carboxylic acids is 2. The Hall–Kier alpha value is -2.76. The zero-order valence-corrected chi connectivity index (χ0v) is 19.3. The summed E-state index contributed by atoms with van der Waals surface area (Å²) in [5.74, 6) is -0.678. The first-order chi connectivity index (χ1) is 15.5. The Bertz CT molecular complexity index is 1210. The second-order valence-electron chi connectivity index (χ2n) is 8.69. The third-order valence-corrected chi connectivity index (χ3v) is 7.06. The summed E-state index contributed by atoms with van der Waals surface area (Å²) >= 11 is 3.45. The number of anilines is 1. The van der Waals surface area contributed by atoms with Gasteiger partial charge in [0.25, 0.3) is 5.91 Å². The molecule has 1 amide bonds. The van der Waals surface area contributed by atoms with Crippen LogP contribution in [-0.4, -0.2) is 16.8 Å². The Morgan fingerprint density at radius 1 is 0.969 bits per heavy atom. The van der Waals surface area contributed by atoms with Crippen molar-refractivity contribution in [3.8, 4) is 0 Å². The van der Waals surface area contributed by atoms with Gasteiger partial charge >= 0.3 is 0 Å². The van der Waals surface area contributed by atoms with Crippen molar-refractivity contribution in [1.82, 2.24) is 0 Å². The van der Waals surface area contributed by atoms with Crippen LogP contribution in [0.1, 0.15) is 51.9 Å². The van der Waals surface area contributed by atoms with Crippen LogP contribution in [0.15, 0.2) is 71.2 Å². The Kier molecular flexibility index (Phi) is 5.48. The van der Waals surface area contributed by atoms with Gasteiger partial charge in [-0.05, 0) is 66.6 Å². The third-order valence-electron chi connectivity index (χ3n) is 6.56. The van der Waals surface area contributed by atoms with E-state index in [2.05, 4.69) is 15.9 Å². The third kappa shape index (κ3) is 3.70. The molecule has 1 N–H and O–H groups in total. The summed E-state index contributed by atoms with van der Waals surface area (Å²) in [7, 11) is 0. The Balaban J connectivity index is 1.48. The average molecular weight is 490 g/mol. The van der Waals surface area contributed by atoms with Gasteiger partial charge in [-0.25, -0.2) is 0 Å². The van der Waals surface area contributed by atoms with Crippen molar-refractivity contribution in [2.24, 2.45) is 0 Å². The van der Waals surface area contributed by atoms with E-state index in [9.17, 15) is 14.7 Å². The lowest BCUT2D eigenvalue weighted by Gasteiger charge is -2.23. The zero-order valence-electron chi connectivity index (χ0n) is 17.7. The van der Waals surface area contributed by atoms with Crippen LogP contribution in [0.5, 0.6) is 0 Å². The van der Waals surface area contributed by atoms with Gasteiger partial charge in [-0.1, -0.05) is 58.4 Å². The first-order valence-electron chi connectivity index (χ1n) is 11.0. The minimum atomic E-state index is -1.89. The number of aryl methyl sites for hydroxylation is 2. The molecule has 5 heteroatoms. The summed E-state index contributed by atoms with van der Waals surface area (Å²) in [6.45, 7) is 0.337. The predicted molar refractivity (Wildman–Crippen MR) is 128 cm³/mol. The SMILES string of the molecule is O=C(C[C@@]1(O)C(=O)N(Cc2ccccc2)c2ccc(Br)cc21)c1ccc2c(c1)CCCC2. The van der Waals surface area contributed by atoms with Crippen LogP contribution in [-0.2, 0) is 29.8 Å². The Morgan fingerprint density at radius 3 is 2.50 bits per heavy atom. The van der Waals surface area contributed by atoms with E-state index < -0.39 is 11.5 Å². The number of halogens is 1. The molecule has 1 aliphatic heterocycles. The lowest BCUT2D eigenvalue weighted by Crippen LogP contribution is -2.41. The zero-order chi connectivity index (χ0) is 22.3. The van der Waals surface area contributed by atoms with Crippen molar-refractivity contribution >= 4 is 33.3 Å². The minimum absolute atomic E-state index is 0.221. The van der Waals surface area contributed by atoms with Gasteiger partial charge in [0.05, 0.1) is 18.7 Å². The van der Waals surface area contributed by atoms with Crippen molar-refractivity contribution in [3.63, 3.8) is 0 Å². The van der Waals surface area contributed by atoms with Crippen LogP contribution >= 0.6 is 15.9 Å². The van der Waals surface area contributed by atoms with Crippen molar-refractivity contribution in [1.29, 1.82) is 0 Å². The molecule has 5 rings (SSSR count). The lowest BCUT2D eigenvalue weighted by atomic mass is 9.85. The van der Waals surface area contributed by atoms with Gasteiger partial charge in [0.1, 0.15) is 0 Å². The maximum atomic E-state index is 13.5. The topological polar surface area (TPSA) is 57.6 Å². The maximum absolute atomic E-state index is 13.5. The van der Waals surface area contributed by atoms with Crippen LogP contribution in [0, 0.1) is 0 Å². The van der Waals surface area contributed by atoms with E-state index in [0.717, 1.165) is 29.3 Å². The number of hydrogen-bond acceptors (Lipinski definition) is 3. The molecule has 32 heavy (non-hydrogen) atoms. The number of Topliss-reactive ketones (excluding diaryl/α,β-unsaturated/α-hetero) is 1.